The fraction of sp³-hybridized carbons (Fsp3) is 0.333. The van der Waals surface area contributed by atoms with E-state index in [9.17, 15) is 0 Å². The van der Waals surface area contributed by atoms with Crippen LogP contribution in [-0.2, 0) is 6.54 Å². The summed E-state index contributed by atoms with van der Waals surface area (Å²) in [5.74, 6) is 0.416. The maximum absolute atomic E-state index is 5.63. The van der Waals surface area contributed by atoms with Gasteiger partial charge in [-0.05, 0) is 0 Å². The quantitative estimate of drug-likeness (QED) is 0.554. The standard InChI is InChI=1S/C6H9ClN4S/c1-9-6(8)11-3-4-2-10-5(7)12-4/h2H,3H2,1H3,(H3,8,9,11). The highest BCUT2D eigenvalue weighted by atomic mass is 35.5. The van der Waals surface area contributed by atoms with Crippen LogP contribution in [0, 0.1) is 0 Å². The van der Waals surface area contributed by atoms with E-state index in [2.05, 4.69) is 15.3 Å². The molecule has 0 radical (unpaired) electrons. The lowest BCUT2D eigenvalue weighted by Crippen LogP contribution is -2.30. The highest BCUT2D eigenvalue weighted by Crippen LogP contribution is 2.16. The van der Waals surface area contributed by atoms with Gasteiger partial charge >= 0.3 is 0 Å². The number of nitrogens with one attached hydrogen (secondary N) is 1. The molecule has 12 heavy (non-hydrogen) atoms. The molecule has 0 fully saturated rings. The minimum absolute atomic E-state index is 0.416. The molecule has 0 bridgehead atoms. The second-order valence-corrected chi connectivity index (χ2v) is 3.74. The second-order valence-electron chi connectivity index (χ2n) is 2.04. The first-order valence-electron chi connectivity index (χ1n) is 3.28. The molecule has 0 amide bonds. The van der Waals surface area contributed by atoms with Crippen LogP contribution in [0.15, 0.2) is 11.2 Å². The Morgan fingerprint density at radius 2 is 2.67 bits per heavy atom. The molecule has 1 rings (SSSR count). The molecule has 0 aromatic carbocycles. The van der Waals surface area contributed by atoms with Crippen LogP contribution >= 0.6 is 22.9 Å². The van der Waals surface area contributed by atoms with Gasteiger partial charge in [0.15, 0.2) is 10.4 Å². The number of nitrogens with zero attached hydrogens (tertiary/aromatic N) is 2. The van der Waals surface area contributed by atoms with Crippen molar-refractivity contribution in [1.29, 1.82) is 0 Å². The molecule has 0 saturated carbocycles. The molecule has 0 unspecified atom stereocenters. The van der Waals surface area contributed by atoms with Crippen molar-refractivity contribution in [2.24, 2.45) is 10.7 Å². The van der Waals surface area contributed by atoms with Crippen molar-refractivity contribution >= 4 is 28.9 Å². The molecule has 0 aliphatic heterocycles. The van der Waals surface area contributed by atoms with Gasteiger partial charge in [0.2, 0.25) is 0 Å². The predicted molar refractivity (Wildman–Crippen MR) is 51.5 cm³/mol. The molecule has 1 heterocycles. The Morgan fingerprint density at radius 1 is 1.92 bits per heavy atom. The molecule has 66 valence electrons. The summed E-state index contributed by atoms with van der Waals surface area (Å²) in [5.41, 5.74) is 5.42. The van der Waals surface area contributed by atoms with E-state index in [1.54, 1.807) is 13.2 Å². The maximum Gasteiger partial charge on any atom is 0.188 e. The Balaban J connectivity index is 2.43. The Hall–Kier alpha value is -0.810. The SMILES string of the molecule is CN=C(N)NCc1cnc(Cl)s1. The third-order valence-corrected chi connectivity index (χ3v) is 2.32. The van der Waals surface area contributed by atoms with Crippen molar-refractivity contribution in [3.8, 4) is 0 Å². The highest BCUT2D eigenvalue weighted by molar-refractivity contribution is 7.15. The van der Waals surface area contributed by atoms with Crippen LogP contribution in [0.5, 0.6) is 0 Å². The van der Waals surface area contributed by atoms with E-state index in [1.165, 1.54) is 11.3 Å². The first kappa shape index (κ1) is 9.28. The summed E-state index contributed by atoms with van der Waals surface area (Å²) in [7, 11) is 1.63. The Labute approximate surface area is 79.5 Å². The molecule has 3 N–H and O–H groups in total. The van der Waals surface area contributed by atoms with Crippen molar-refractivity contribution in [2.45, 2.75) is 6.54 Å². The summed E-state index contributed by atoms with van der Waals surface area (Å²) in [5, 5.41) is 2.90. The molecular formula is C6H9ClN4S. The van der Waals surface area contributed by atoms with Crippen LogP contribution in [0.3, 0.4) is 0 Å². The fourth-order valence-corrected chi connectivity index (χ4v) is 1.54. The largest absolute Gasteiger partial charge is 0.370 e. The number of hydrogen-bond donors (Lipinski definition) is 2. The van der Waals surface area contributed by atoms with E-state index in [0.29, 0.717) is 17.0 Å². The minimum Gasteiger partial charge on any atom is -0.370 e. The van der Waals surface area contributed by atoms with Crippen LogP contribution in [0.2, 0.25) is 4.47 Å². The Bertz CT molecular complexity index is 283. The van der Waals surface area contributed by atoms with Gasteiger partial charge < -0.3 is 11.1 Å². The lowest BCUT2D eigenvalue weighted by atomic mass is 10.5. The van der Waals surface area contributed by atoms with Crippen LogP contribution < -0.4 is 11.1 Å². The monoisotopic (exact) mass is 204 g/mol. The van der Waals surface area contributed by atoms with Gasteiger partial charge in [-0.3, -0.25) is 4.99 Å². The number of halogens is 1. The molecule has 6 heteroatoms. The maximum atomic E-state index is 5.63. The van der Waals surface area contributed by atoms with E-state index in [4.69, 9.17) is 17.3 Å². The first-order valence-corrected chi connectivity index (χ1v) is 4.48. The Kier molecular flexibility index (Phi) is 3.31. The molecule has 0 saturated heterocycles. The van der Waals surface area contributed by atoms with Gasteiger partial charge in [0.25, 0.3) is 0 Å². The smallest absolute Gasteiger partial charge is 0.188 e. The average Bonchev–Trinajstić information content (AvgIpc) is 2.47. The van der Waals surface area contributed by atoms with Crippen LogP contribution in [0.1, 0.15) is 4.88 Å². The number of thiazole rings is 1. The van der Waals surface area contributed by atoms with Gasteiger partial charge in [-0.15, -0.1) is 11.3 Å². The summed E-state index contributed by atoms with van der Waals surface area (Å²) >= 11 is 7.05. The zero-order valence-electron chi connectivity index (χ0n) is 6.54. The van der Waals surface area contributed by atoms with Crippen molar-refractivity contribution in [3.05, 3.63) is 15.5 Å². The van der Waals surface area contributed by atoms with Crippen LogP contribution in [-0.4, -0.2) is 18.0 Å². The zero-order valence-corrected chi connectivity index (χ0v) is 8.11. The van der Waals surface area contributed by atoms with E-state index < -0.39 is 0 Å². The lowest BCUT2D eigenvalue weighted by molar-refractivity contribution is 0.915. The Morgan fingerprint density at radius 3 is 3.17 bits per heavy atom. The van der Waals surface area contributed by atoms with Gasteiger partial charge in [-0.1, -0.05) is 11.6 Å². The molecular weight excluding hydrogens is 196 g/mol. The number of aromatic nitrogens is 1. The van der Waals surface area contributed by atoms with Crippen LogP contribution in [0.4, 0.5) is 0 Å². The van der Waals surface area contributed by atoms with E-state index >= 15 is 0 Å². The highest BCUT2D eigenvalue weighted by Gasteiger charge is 1.98. The summed E-state index contributed by atoms with van der Waals surface area (Å²) < 4.78 is 0.541. The molecule has 1 aromatic rings. The van der Waals surface area contributed by atoms with E-state index in [1.807, 2.05) is 0 Å². The van der Waals surface area contributed by atoms with Crippen LogP contribution in [0.25, 0.3) is 0 Å². The number of guanidine groups is 1. The van der Waals surface area contributed by atoms with Crippen molar-refractivity contribution in [3.63, 3.8) is 0 Å². The lowest BCUT2D eigenvalue weighted by Gasteiger charge is -2.00. The number of rotatable bonds is 2. The van der Waals surface area contributed by atoms with E-state index in [-0.39, 0.29) is 0 Å². The molecule has 0 aliphatic rings. The third-order valence-electron chi connectivity index (χ3n) is 1.21. The number of hydrogen-bond acceptors (Lipinski definition) is 3. The normalized spacial score (nSPS) is 11.7. The molecule has 0 spiro atoms. The third kappa shape index (κ3) is 2.67. The van der Waals surface area contributed by atoms with Gasteiger partial charge in [0.05, 0.1) is 6.54 Å². The van der Waals surface area contributed by atoms with Crippen molar-refractivity contribution in [1.82, 2.24) is 10.3 Å². The minimum atomic E-state index is 0.416. The van der Waals surface area contributed by atoms with E-state index in [0.717, 1.165) is 4.88 Å². The summed E-state index contributed by atoms with van der Waals surface area (Å²) in [6.45, 7) is 0.619. The summed E-state index contributed by atoms with van der Waals surface area (Å²) in [6.07, 6.45) is 1.71. The second kappa shape index (κ2) is 4.27. The van der Waals surface area contributed by atoms with Crippen molar-refractivity contribution in [2.75, 3.05) is 7.05 Å². The van der Waals surface area contributed by atoms with Gasteiger partial charge in [0, 0.05) is 18.1 Å². The van der Waals surface area contributed by atoms with Gasteiger partial charge in [-0.25, -0.2) is 4.98 Å². The molecule has 0 aliphatic carbocycles. The average molecular weight is 205 g/mol. The van der Waals surface area contributed by atoms with Crippen molar-refractivity contribution < 1.29 is 0 Å². The molecule has 4 nitrogen and oxygen atoms in total. The molecule has 0 atom stereocenters. The topological polar surface area (TPSA) is 63.3 Å². The number of nitrogens with two attached hydrogens (primary N) is 1. The number of aliphatic imine (C=N–C) groups is 1. The molecule has 1 aromatic heterocycles. The fourth-order valence-electron chi connectivity index (χ4n) is 0.622. The first-order chi connectivity index (χ1) is 5.72. The summed E-state index contributed by atoms with van der Waals surface area (Å²) in [4.78, 5) is 8.66. The van der Waals surface area contributed by atoms with Gasteiger partial charge in [0.1, 0.15) is 0 Å². The zero-order chi connectivity index (χ0) is 8.97. The predicted octanol–water partition coefficient (Wildman–Crippen LogP) is 0.831. The summed E-state index contributed by atoms with van der Waals surface area (Å²) in [6, 6.07) is 0. The van der Waals surface area contributed by atoms with Gasteiger partial charge in [-0.2, -0.15) is 0 Å².